The van der Waals surface area contributed by atoms with Crippen molar-refractivity contribution >= 4 is 28.9 Å². The molecule has 1 atom stereocenters. The highest BCUT2D eigenvalue weighted by Gasteiger charge is 2.31. The molecule has 0 saturated carbocycles. The van der Waals surface area contributed by atoms with Crippen molar-refractivity contribution in [3.8, 4) is 0 Å². The molecular weight excluding hydrogens is 320 g/mol. The first kappa shape index (κ1) is 16.2. The zero-order chi connectivity index (χ0) is 16.4. The molecule has 2 heterocycles. The number of hydrogen-bond acceptors (Lipinski definition) is 5. The van der Waals surface area contributed by atoms with E-state index in [1.54, 1.807) is 0 Å². The number of amides is 1. The Kier molecular flexibility index (Phi) is 4.79. The Morgan fingerprint density at radius 1 is 1.39 bits per heavy atom. The summed E-state index contributed by atoms with van der Waals surface area (Å²) in [6.45, 7) is 4.20. The SMILES string of the molecule is O=C(CN1CCN2CCCC2C1)Nc1cc([N+](=O)[O-])ccc1Cl. The van der Waals surface area contributed by atoms with E-state index in [-0.39, 0.29) is 23.8 Å². The third kappa shape index (κ3) is 3.80. The molecular formula is C15H19ClN4O3. The van der Waals surface area contributed by atoms with Crippen molar-refractivity contribution in [3.63, 3.8) is 0 Å². The Bertz CT molecular complexity index is 625. The average Bonchev–Trinajstić information content (AvgIpc) is 2.96. The van der Waals surface area contributed by atoms with Gasteiger partial charge in [0.1, 0.15) is 0 Å². The molecule has 2 saturated heterocycles. The first-order chi connectivity index (χ1) is 11.0. The lowest BCUT2D eigenvalue weighted by molar-refractivity contribution is -0.384. The van der Waals surface area contributed by atoms with Crippen molar-refractivity contribution in [2.45, 2.75) is 18.9 Å². The van der Waals surface area contributed by atoms with Crippen molar-refractivity contribution < 1.29 is 9.72 Å². The lowest BCUT2D eigenvalue weighted by Crippen LogP contribution is -2.51. The number of carbonyl (C=O) groups is 1. The van der Waals surface area contributed by atoms with Gasteiger partial charge in [-0.05, 0) is 25.5 Å². The fraction of sp³-hybridized carbons (Fsp3) is 0.533. The van der Waals surface area contributed by atoms with E-state index in [4.69, 9.17) is 11.6 Å². The number of non-ortho nitro benzene ring substituents is 1. The number of hydrogen-bond donors (Lipinski definition) is 1. The van der Waals surface area contributed by atoms with Gasteiger partial charge in [0.2, 0.25) is 5.91 Å². The molecule has 1 unspecified atom stereocenters. The summed E-state index contributed by atoms with van der Waals surface area (Å²) in [6, 6.07) is 4.58. The number of carbonyl (C=O) groups excluding carboxylic acids is 1. The number of anilines is 1. The summed E-state index contributed by atoms with van der Waals surface area (Å²) in [5.41, 5.74) is 0.189. The van der Waals surface area contributed by atoms with Crippen LogP contribution in [0.3, 0.4) is 0 Å². The van der Waals surface area contributed by atoms with Gasteiger partial charge in [0, 0.05) is 37.8 Å². The Morgan fingerprint density at radius 2 is 2.22 bits per heavy atom. The van der Waals surface area contributed by atoms with Crippen LogP contribution < -0.4 is 5.32 Å². The highest BCUT2D eigenvalue weighted by Crippen LogP contribution is 2.27. The van der Waals surface area contributed by atoms with Crippen LogP contribution >= 0.6 is 11.6 Å². The lowest BCUT2D eigenvalue weighted by atomic mass is 10.1. The number of piperazine rings is 1. The van der Waals surface area contributed by atoms with Gasteiger partial charge in [0.05, 0.1) is 22.2 Å². The first-order valence-electron chi connectivity index (χ1n) is 7.73. The predicted octanol–water partition coefficient (Wildman–Crippen LogP) is 1.97. The lowest BCUT2D eigenvalue weighted by Gasteiger charge is -2.37. The maximum absolute atomic E-state index is 12.2. The van der Waals surface area contributed by atoms with E-state index in [1.807, 2.05) is 0 Å². The molecule has 1 aromatic carbocycles. The second-order valence-corrected chi connectivity index (χ2v) is 6.44. The summed E-state index contributed by atoms with van der Waals surface area (Å²) in [4.78, 5) is 27.1. The zero-order valence-electron chi connectivity index (χ0n) is 12.7. The standard InChI is InChI=1S/C15H19ClN4O3/c16-13-4-3-11(20(22)23)8-14(13)17-15(21)10-18-6-7-19-5-1-2-12(19)9-18/h3-4,8,12H,1-2,5-7,9-10H2,(H,17,21). The normalized spacial score (nSPS) is 21.9. The molecule has 2 fully saturated rings. The summed E-state index contributed by atoms with van der Waals surface area (Å²) >= 11 is 6.00. The van der Waals surface area contributed by atoms with E-state index in [9.17, 15) is 14.9 Å². The Balaban J connectivity index is 1.59. The number of nitrogens with one attached hydrogen (secondary N) is 1. The molecule has 2 aliphatic heterocycles. The number of nitro benzene ring substituents is 1. The molecule has 124 valence electrons. The molecule has 0 aliphatic carbocycles. The smallest absolute Gasteiger partial charge is 0.271 e. The van der Waals surface area contributed by atoms with E-state index in [0.29, 0.717) is 11.1 Å². The van der Waals surface area contributed by atoms with Gasteiger partial charge in [0.15, 0.2) is 0 Å². The van der Waals surface area contributed by atoms with Gasteiger partial charge in [0.25, 0.3) is 5.69 Å². The fourth-order valence-corrected chi connectivity index (χ4v) is 3.48. The summed E-state index contributed by atoms with van der Waals surface area (Å²) in [5, 5.41) is 13.8. The predicted molar refractivity (Wildman–Crippen MR) is 87.8 cm³/mol. The van der Waals surface area contributed by atoms with Gasteiger partial charge in [-0.15, -0.1) is 0 Å². The number of benzene rings is 1. The minimum atomic E-state index is -0.509. The van der Waals surface area contributed by atoms with E-state index < -0.39 is 4.92 Å². The third-order valence-electron chi connectivity index (χ3n) is 4.47. The van der Waals surface area contributed by atoms with Crippen LogP contribution in [-0.4, -0.2) is 59.4 Å². The average molecular weight is 339 g/mol. The molecule has 0 radical (unpaired) electrons. The molecule has 0 bridgehead atoms. The first-order valence-corrected chi connectivity index (χ1v) is 8.11. The third-order valence-corrected chi connectivity index (χ3v) is 4.80. The van der Waals surface area contributed by atoms with Crippen LogP contribution in [0.5, 0.6) is 0 Å². The number of halogens is 1. The molecule has 0 aromatic heterocycles. The largest absolute Gasteiger partial charge is 0.323 e. The molecule has 23 heavy (non-hydrogen) atoms. The molecule has 3 rings (SSSR count). The molecule has 1 aromatic rings. The number of nitro groups is 1. The summed E-state index contributed by atoms with van der Waals surface area (Å²) in [5.74, 6) is -0.196. The van der Waals surface area contributed by atoms with Crippen LogP contribution in [0, 0.1) is 10.1 Å². The highest BCUT2D eigenvalue weighted by molar-refractivity contribution is 6.33. The minimum Gasteiger partial charge on any atom is -0.323 e. The van der Waals surface area contributed by atoms with E-state index in [0.717, 1.165) is 26.2 Å². The quantitative estimate of drug-likeness (QED) is 0.670. The second kappa shape index (κ2) is 6.82. The van der Waals surface area contributed by atoms with E-state index in [1.165, 1.54) is 31.0 Å². The number of fused-ring (bicyclic) bond motifs is 1. The summed E-state index contributed by atoms with van der Waals surface area (Å²) in [6.07, 6.45) is 2.42. The van der Waals surface area contributed by atoms with Gasteiger partial charge in [-0.25, -0.2) is 0 Å². The monoisotopic (exact) mass is 338 g/mol. The van der Waals surface area contributed by atoms with Crippen LogP contribution in [-0.2, 0) is 4.79 Å². The molecule has 7 nitrogen and oxygen atoms in total. The van der Waals surface area contributed by atoms with Crippen molar-refractivity contribution in [2.75, 3.05) is 38.0 Å². The van der Waals surface area contributed by atoms with Gasteiger partial charge >= 0.3 is 0 Å². The van der Waals surface area contributed by atoms with Gasteiger partial charge < -0.3 is 5.32 Å². The van der Waals surface area contributed by atoms with Crippen molar-refractivity contribution in [1.29, 1.82) is 0 Å². The topological polar surface area (TPSA) is 78.7 Å². The number of nitrogens with zero attached hydrogens (tertiary/aromatic N) is 3. The van der Waals surface area contributed by atoms with Crippen LogP contribution in [0.2, 0.25) is 5.02 Å². The van der Waals surface area contributed by atoms with Crippen LogP contribution in [0.25, 0.3) is 0 Å². The Morgan fingerprint density at radius 3 is 3.00 bits per heavy atom. The minimum absolute atomic E-state index is 0.0933. The maximum atomic E-state index is 12.2. The fourth-order valence-electron chi connectivity index (χ4n) is 3.31. The molecule has 2 aliphatic rings. The van der Waals surface area contributed by atoms with Crippen LogP contribution in [0.15, 0.2) is 18.2 Å². The second-order valence-electron chi connectivity index (χ2n) is 6.04. The van der Waals surface area contributed by atoms with Crippen LogP contribution in [0.4, 0.5) is 11.4 Å². The highest BCUT2D eigenvalue weighted by atomic mass is 35.5. The van der Waals surface area contributed by atoms with Crippen LogP contribution in [0.1, 0.15) is 12.8 Å². The van der Waals surface area contributed by atoms with Crippen molar-refractivity contribution in [2.24, 2.45) is 0 Å². The zero-order valence-corrected chi connectivity index (χ0v) is 13.5. The van der Waals surface area contributed by atoms with E-state index in [2.05, 4.69) is 15.1 Å². The molecule has 8 heteroatoms. The van der Waals surface area contributed by atoms with E-state index >= 15 is 0 Å². The molecule has 1 amide bonds. The Hall–Kier alpha value is -1.70. The maximum Gasteiger partial charge on any atom is 0.271 e. The van der Waals surface area contributed by atoms with Gasteiger partial charge in [-0.2, -0.15) is 0 Å². The molecule has 1 N–H and O–H groups in total. The number of rotatable bonds is 4. The van der Waals surface area contributed by atoms with Crippen molar-refractivity contribution in [1.82, 2.24) is 9.80 Å². The van der Waals surface area contributed by atoms with Gasteiger partial charge in [-0.3, -0.25) is 24.7 Å². The van der Waals surface area contributed by atoms with Crippen molar-refractivity contribution in [3.05, 3.63) is 33.3 Å². The molecule has 0 spiro atoms. The van der Waals surface area contributed by atoms with Gasteiger partial charge in [-0.1, -0.05) is 11.6 Å². The summed E-state index contributed by atoms with van der Waals surface area (Å²) < 4.78 is 0. The summed E-state index contributed by atoms with van der Waals surface area (Å²) in [7, 11) is 0. The Labute approximate surface area is 139 Å².